The lowest BCUT2D eigenvalue weighted by molar-refractivity contribution is -0.156. The zero-order valence-corrected chi connectivity index (χ0v) is 10.6. The fourth-order valence-corrected chi connectivity index (χ4v) is 1.06. The van der Waals surface area contributed by atoms with Gasteiger partial charge in [-0.25, -0.2) is 9.59 Å². The molecule has 0 heterocycles. The van der Waals surface area contributed by atoms with Crippen LogP contribution in [0.3, 0.4) is 0 Å². The third-order valence-electron chi connectivity index (χ3n) is 1.95. The van der Waals surface area contributed by atoms with Gasteiger partial charge in [-0.2, -0.15) is 0 Å². The number of alkyl carbamates (subject to hydrolysis) is 1. The summed E-state index contributed by atoms with van der Waals surface area (Å²) in [5.41, 5.74) is -0.489. The molecule has 0 fully saturated rings. The van der Waals surface area contributed by atoms with Crippen LogP contribution in [0, 0.1) is 5.41 Å². The monoisotopic (exact) mass is 231 g/mol. The Morgan fingerprint density at radius 2 is 1.88 bits per heavy atom. The molecular weight excluding hydrogens is 210 g/mol. The molecule has 0 saturated carbocycles. The number of esters is 1. The molecule has 0 radical (unpaired) electrons. The Kier molecular flexibility index (Phi) is 5.85. The Hall–Kier alpha value is -1.26. The molecule has 5 heteroatoms. The van der Waals surface area contributed by atoms with Crippen LogP contribution in [0.25, 0.3) is 0 Å². The predicted molar refractivity (Wildman–Crippen MR) is 60.0 cm³/mol. The first-order valence-corrected chi connectivity index (χ1v) is 5.35. The highest BCUT2D eigenvalue weighted by Gasteiger charge is 2.35. The number of nitrogens with one attached hydrogen (secondary N) is 1. The van der Waals surface area contributed by atoms with Crippen LogP contribution in [0.5, 0.6) is 0 Å². The molecule has 1 atom stereocenters. The SMILES string of the molecule is CCCNC(=O)O[C@H](C(=O)OC)C(C)(C)C. The van der Waals surface area contributed by atoms with Crippen molar-refractivity contribution in [2.75, 3.05) is 13.7 Å². The van der Waals surface area contributed by atoms with E-state index in [0.717, 1.165) is 6.42 Å². The van der Waals surface area contributed by atoms with Crippen molar-refractivity contribution in [2.45, 2.75) is 40.2 Å². The number of carbonyl (C=O) groups is 2. The van der Waals surface area contributed by atoms with Gasteiger partial charge in [-0.15, -0.1) is 0 Å². The van der Waals surface area contributed by atoms with Gasteiger partial charge in [0.25, 0.3) is 0 Å². The van der Waals surface area contributed by atoms with Crippen LogP contribution < -0.4 is 5.32 Å². The first-order valence-electron chi connectivity index (χ1n) is 5.35. The fraction of sp³-hybridized carbons (Fsp3) is 0.818. The summed E-state index contributed by atoms with van der Waals surface area (Å²) >= 11 is 0. The van der Waals surface area contributed by atoms with Gasteiger partial charge in [-0.05, 0) is 6.42 Å². The zero-order chi connectivity index (χ0) is 12.8. The standard InChI is InChI=1S/C11H21NO4/c1-6-7-12-10(14)16-8(9(13)15-5)11(2,3)4/h8H,6-7H2,1-5H3,(H,12,14)/t8-/m1/s1. The topological polar surface area (TPSA) is 64.6 Å². The number of carbonyl (C=O) groups excluding carboxylic acids is 2. The minimum absolute atomic E-state index is 0.489. The maximum atomic E-state index is 11.4. The highest BCUT2D eigenvalue weighted by Crippen LogP contribution is 2.23. The molecule has 16 heavy (non-hydrogen) atoms. The molecule has 1 N–H and O–H groups in total. The highest BCUT2D eigenvalue weighted by atomic mass is 16.6. The number of hydrogen-bond acceptors (Lipinski definition) is 4. The maximum Gasteiger partial charge on any atom is 0.408 e. The van der Waals surface area contributed by atoms with Crippen molar-refractivity contribution < 1.29 is 19.1 Å². The van der Waals surface area contributed by atoms with Gasteiger partial charge < -0.3 is 14.8 Å². The number of amides is 1. The minimum atomic E-state index is -0.894. The van der Waals surface area contributed by atoms with E-state index < -0.39 is 23.6 Å². The molecule has 0 bridgehead atoms. The zero-order valence-electron chi connectivity index (χ0n) is 10.6. The van der Waals surface area contributed by atoms with Gasteiger partial charge in [0.2, 0.25) is 6.10 Å². The maximum absolute atomic E-state index is 11.4. The summed E-state index contributed by atoms with van der Waals surface area (Å²) < 4.78 is 9.65. The number of rotatable bonds is 4. The summed E-state index contributed by atoms with van der Waals surface area (Å²) in [7, 11) is 1.27. The summed E-state index contributed by atoms with van der Waals surface area (Å²) in [6.45, 7) is 7.88. The molecule has 0 aliphatic carbocycles. The van der Waals surface area contributed by atoms with E-state index >= 15 is 0 Å². The minimum Gasteiger partial charge on any atom is -0.466 e. The predicted octanol–water partition coefficient (Wildman–Crippen LogP) is 1.71. The highest BCUT2D eigenvalue weighted by molar-refractivity contribution is 5.79. The van der Waals surface area contributed by atoms with Gasteiger partial charge in [0.15, 0.2) is 0 Å². The first-order chi connectivity index (χ1) is 7.32. The summed E-state index contributed by atoms with van der Waals surface area (Å²) in [5, 5.41) is 2.54. The summed E-state index contributed by atoms with van der Waals surface area (Å²) in [6, 6.07) is 0. The van der Waals surface area contributed by atoms with E-state index in [1.807, 2.05) is 27.7 Å². The van der Waals surface area contributed by atoms with E-state index in [0.29, 0.717) is 6.54 Å². The molecule has 0 aromatic carbocycles. The van der Waals surface area contributed by atoms with E-state index in [-0.39, 0.29) is 0 Å². The molecule has 0 saturated heterocycles. The molecule has 0 unspecified atom stereocenters. The van der Waals surface area contributed by atoms with Gasteiger partial charge in [0, 0.05) is 12.0 Å². The van der Waals surface area contributed by atoms with Crippen molar-refractivity contribution in [3.05, 3.63) is 0 Å². The number of ether oxygens (including phenoxy) is 2. The Morgan fingerprint density at radius 3 is 2.25 bits per heavy atom. The van der Waals surface area contributed by atoms with E-state index in [1.165, 1.54) is 7.11 Å². The fourth-order valence-electron chi connectivity index (χ4n) is 1.06. The van der Waals surface area contributed by atoms with E-state index in [4.69, 9.17) is 4.74 Å². The van der Waals surface area contributed by atoms with E-state index in [1.54, 1.807) is 0 Å². The molecule has 5 nitrogen and oxygen atoms in total. The molecule has 0 rings (SSSR count). The van der Waals surface area contributed by atoms with E-state index in [2.05, 4.69) is 10.1 Å². The van der Waals surface area contributed by atoms with Crippen molar-refractivity contribution in [2.24, 2.45) is 5.41 Å². The second kappa shape index (κ2) is 6.35. The van der Waals surface area contributed by atoms with E-state index in [9.17, 15) is 9.59 Å². The summed E-state index contributed by atoms with van der Waals surface area (Å²) in [5.74, 6) is -0.542. The number of hydrogen-bond donors (Lipinski definition) is 1. The van der Waals surface area contributed by atoms with Crippen molar-refractivity contribution >= 4 is 12.1 Å². The molecule has 0 aliphatic rings. The lowest BCUT2D eigenvalue weighted by atomic mass is 9.89. The van der Waals surface area contributed by atoms with Crippen LogP contribution in [-0.4, -0.2) is 31.8 Å². The second-order valence-corrected chi connectivity index (χ2v) is 4.60. The van der Waals surface area contributed by atoms with Gasteiger partial charge >= 0.3 is 12.1 Å². The van der Waals surface area contributed by atoms with Crippen LogP contribution in [-0.2, 0) is 14.3 Å². The third kappa shape index (κ3) is 5.00. The normalized spacial score (nSPS) is 12.8. The van der Waals surface area contributed by atoms with Crippen LogP contribution >= 0.6 is 0 Å². The van der Waals surface area contributed by atoms with Crippen LogP contribution in [0.2, 0.25) is 0 Å². The van der Waals surface area contributed by atoms with Gasteiger partial charge in [-0.1, -0.05) is 27.7 Å². The van der Waals surface area contributed by atoms with Gasteiger partial charge in [-0.3, -0.25) is 0 Å². The molecule has 1 amide bonds. The van der Waals surface area contributed by atoms with Crippen molar-refractivity contribution in [3.8, 4) is 0 Å². The van der Waals surface area contributed by atoms with Crippen LogP contribution in [0.4, 0.5) is 4.79 Å². The lowest BCUT2D eigenvalue weighted by Gasteiger charge is -2.27. The molecule has 94 valence electrons. The molecule has 0 aromatic heterocycles. The average Bonchev–Trinajstić information content (AvgIpc) is 2.20. The first kappa shape index (κ1) is 14.7. The Bertz CT molecular complexity index is 245. The second-order valence-electron chi connectivity index (χ2n) is 4.60. The van der Waals surface area contributed by atoms with Crippen molar-refractivity contribution in [1.29, 1.82) is 0 Å². The Balaban J connectivity index is 4.44. The van der Waals surface area contributed by atoms with Crippen molar-refractivity contribution in [1.82, 2.24) is 5.32 Å². The Labute approximate surface area is 96.5 Å². The molecular formula is C11H21NO4. The quantitative estimate of drug-likeness (QED) is 0.748. The largest absolute Gasteiger partial charge is 0.466 e. The molecule has 0 spiro atoms. The van der Waals surface area contributed by atoms with Gasteiger partial charge in [0.05, 0.1) is 7.11 Å². The lowest BCUT2D eigenvalue weighted by Crippen LogP contribution is -2.42. The third-order valence-corrected chi connectivity index (χ3v) is 1.95. The number of methoxy groups -OCH3 is 1. The average molecular weight is 231 g/mol. The smallest absolute Gasteiger partial charge is 0.408 e. The van der Waals surface area contributed by atoms with Crippen LogP contribution in [0.15, 0.2) is 0 Å². The summed E-state index contributed by atoms with van der Waals surface area (Å²) in [6.07, 6.45) is -0.672. The molecule has 0 aromatic rings. The Morgan fingerprint density at radius 1 is 1.31 bits per heavy atom. The van der Waals surface area contributed by atoms with Crippen molar-refractivity contribution in [3.63, 3.8) is 0 Å². The van der Waals surface area contributed by atoms with Gasteiger partial charge in [0.1, 0.15) is 0 Å². The molecule has 0 aliphatic heterocycles. The summed E-state index contributed by atoms with van der Waals surface area (Å²) in [4.78, 5) is 22.8. The van der Waals surface area contributed by atoms with Crippen LogP contribution in [0.1, 0.15) is 34.1 Å².